The molecule has 1 aliphatic rings. The molecule has 0 spiro atoms. The Morgan fingerprint density at radius 3 is 2.80 bits per heavy atom. The predicted molar refractivity (Wildman–Crippen MR) is 98.5 cm³/mol. The Bertz CT molecular complexity index is 746. The Kier molecular flexibility index (Phi) is 6.22. The number of rotatable bonds is 3. The summed E-state index contributed by atoms with van der Waals surface area (Å²) in [7, 11) is 0. The van der Waals surface area contributed by atoms with Crippen LogP contribution >= 0.6 is 12.4 Å². The average molecular weight is 364 g/mol. The molecule has 7 heteroatoms. The van der Waals surface area contributed by atoms with Gasteiger partial charge < -0.3 is 20.0 Å². The second-order valence-electron chi connectivity index (χ2n) is 6.01. The summed E-state index contributed by atoms with van der Waals surface area (Å²) in [6, 6.07) is 8.78. The second-order valence-corrected chi connectivity index (χ2v) is 6.01. The molecule has 0 radical (unpaired) electrons. The van der Waals surface area contributed by atoms with Gasteiger partial charge in [0.25, 0.3) is 11.8 Å². The highest BCUT2D eigenvalue weighted by Gasteiger charge is 2.24. The number of nitrogens with one attached hydrogen (secondary N) is 2. The highest BCUT2D eigenvalue weighted by molar-refractivity contribution is 6.04. The van der Waals surface area contributed by atoms with Crippen LogP contribution in [0.15, 0.2) is 41.0 Å². The molecule has 2 N–H and O–H groups in total. The summed E-state index contributed by atoms with van der Waals surface area (Å²) in [5, 5.41) is 6.08. The zero-order valence-electron chi connectivity index (χ0n) is 14.2. The van der Waals surface area contributed by atoms with Crippen LogP contribution in [0.25, 0.3) is 0 Å². The van der Waals surface area contributed by atoms with E-state index < -0.39 is 0 Å². The third-order valence-electron chi connectivity index (χ3n) is 4.24. The molecule has 0 bridgehead atoms. The normalized spacial score (nSPS) is 16.9. The van der Waals surface area contributed by atoms with E-state index in [1.54, 1.807) is 24.3 Å². The maximum absolute atomic E-state index is 12.8. The van der Waals surface area contributed by atoms with E-state index in [-0.39, 0.29) is 36.0 Å². The number of halogens is 1. The fraction of sp³-hybridized carbons (Fsp3) is 0.333. The summed E-state index contributed by atoms with van der Waals surface area (Å²) in [6.07, 6.45) is 1.45. The number of hydrogen-bond donors (Lipinski definition) is 2. The van der Waals surface area contributed by atoms with Crippen molar-refractivity contribution in [1.29, 1.82) is 0 Å². The average Bonchev–Trinajstić information content (AvgIpc) is 3.11. The van der Waals surface area contributed by atoms with Gasteiger partial charge in [-0.25, -0.2) is 0 Å². The molecule has 1 unspecified atom stereocenters. The summed E-state index contributed by atoms with van der Waals surface area (Å²) in [6.45, 7) is 6.18. The topological polar surface area (TPSA) is 74.6 Å². The van der Waals surface area contributed by atoms with E-state index in [0.717, 1.165) is 18.7 Å². The molecule has 2 heterocycles. The summed E-state index contributed by atoms with van der Waals surface area (Å²) < 4.78 is 5.10. The van der Waals surface area contributed by atoms with Gasteiger partial charge in [-0.1, -0.05) is 6.07 Å². The molecule has 0 saturated carbocycles. The van der Waals surface area contributed by atoms with E-state index in [0.29, 0.717) is 17.8 Å². The number of benzene rings is 1. The minimum atomic E-state index is -0.330. The molecule has 1 fully saturated rings. The Balaban J connectivity index is 0.00000225. The van der Waals surface area contributed by atoms with Crippen LogP contribution in [0.2, 0.25) is 0 Å². The predicted octanol–water partition coefficient (Wildman–Crippen LogP) is 2.70. The lowest BCUT2D eigenvalue weighted by Crippen LogP contribution is -2.52. The molecule has 134 valence electrons. The molecular weight excluding hydrogens is 342 g/mol. The number of carbonyl (C=O) groups is 2. The maximum atomic E-state index is 12.8. The Hall–Kier alpha value is -2.31. The highest BCUT2D eigenvalue weighted by Crippen LogP contribution is 2.20. The van der Waals surface area contributed by atoms with E-state index in [2.05, 4.69) is 10.6 Å². The first-order valence-electron chi connectivity index (χ1n) is 8.03. The number of furan rings is 1. The Labute approximate surface area is 153 Å². The van der Waals surface area contributed by atoms with Gasteiger partial charge in [0, 0.05) is 36.9 Å². The van der Waals surface area contributed by atoms with E-state index in [4.69, 9.17) is 4.42 Å². The molecule has 1 aliphatic heterocycles. The number of carbonyl (C=O) groups excluding carboxylic acids is 2. The van der Waals surface area contributed by atoms with Gasteiger partial charge in [-0.2, -0.15) is 0 Å². The van der Waals surface area contributed by atoms with Gasteiger partial charge in [0.2, 0.25) is 0 Å². The highest BCUT2D eigenvalue weighted by atomic mass is 35.5. The van der Waals surface area contributed by atoms with Crippen LogP contribution in [-0.2, 0) is 0 Å². The van der Waals surface area contributed by atoms with Crippen molar-refractivity contribution < 1.29 is 14.0 Å². The third-order valence-corrected chi connectivity index (χ3v) is 4.24. The molecule has 0 aliphatic carbocycles. The lowest BCUT2D eigenvalue weighted by molar-refractivity contribution is 0.0655. The lowest BCUT2D eigenvalue weighted by atomic mass is 10.1. The van der Waals surface area contributed by atoms with Gasteiger partial charge in [0.15, 0.2) is 5.76 Å². The van der Waals surface area contributed by atoms with Crippen LogP contribution in [0.4, 0.5) is 5.69 Å². The zero-order chi connectivity index (χ0) is 17.1. The van der Waals surface area contributed by atoms with E-state index in [9.17, 15) is 9.59 Å². The van der Waals surface area contributed by atoms with E-state index >= 15 is 0 Å². The summed E-state index contributed by atoms with van der Waals surface area (Å²) >= 11 is 0. The number of aryl methyl sites for hydroxylation is 1. The maximum Gasteiger partial charge on any atom is 0.291 e. The number of anilines is 1. The molecule has 25 heavy (non-hydrogen) atoms. The van der Waals surface area contributed by atoms with Crippen LogP contribution in [0, 0.1) is 6.92 Å². The molecule has 1 atom stereocenters. The molecule has 6 nitrogen and oxygen atoms in total. The molecule has 1 aromatic heterocycles. The number of hydrogen-bond acceptors (Lipinski definition) is 4. The first-order valence-corrected chi connectivity index (χ1v) is 8.03. The van der Waals surface area contributed by atoms with Gasteiger partial charge >= 0.3 is 0 Å². The van der Waals surface area contributed by atoms with Crippen LogP contribution < -0.4 is 10.6 Å². The summed E-state index contributed by atoms with van der Waals surface area (Å²) in [5.74, 6) is -0.109. The second kappa shape index (κ2) is 8.18. The quantitative estimate of drug-likeness (QED) is 0.879. The van der Waals surface area contributed by atoms with Crippen LogP contribution in [0.5, 0.6) is 0 Å². The minimum absolute atomic E-state index is 0. The van der Waals surface area contributed by atoms with Crippen molar-refractivity contribution in [3.8, 4) is 0 Å². The van der Waals surface area contributed by atoms with Crippen molar-refractivity contribution in [2.24, 2.45) is 0 Å². The van der Waals surface area contributed by atoms with Crippen molar-refractivity contribution in [2.75, 3.05) is 25.0 Å². The molecule has 1 saturated heterocycles. The van der Waals surface area contributed by atoms with Gasteiger partial charge in [0.05, 0.1) is 6.26 Å². The van der Waals surface area contributed by atoms with Gasteiger partial charge in [-0.15, -0.1) is 12.4 Å². The molecule has 2 aromatic rings. The summed E-state index contributed by atoms with van der Waals surface area (Å²) in [4.78, 5) is 26.8. The number of nitrogens with zero attached hydrogens (tertiary/aromatic N) is 1. The van der Waals surface area contributed by atoms with E-state index in [1.165, 1.54) is 6.26 Å². The zero-order valence-corrected chi connectivity index (χ0v) is 15.1. The lowest BCUT2D eigenvalue weighted by Gasteiger charge is -2.34. The van der Waals surface area contributed by atoms with Crippen LogP contribution in [0.3, 0.4) is 0 Å². The first kappa shape index (κ1) is 19.0. The largest absolute Gasteiger partial charge is 0.459 e. The SMILES string of the molecule is Cc1ccc(C(=O)N2CCNCC2C)cc1NC(=O)c1ccco1.Cl. The molecular formula is C18H22ClN3O3. The fourth-order valence-corrected chi connectivity index (χ4v) is 2.79. The standard InChI is InChI=1S/C18H21N3O3.ClH/c1-12-5-6-14(18(23)21-8-7-19-11-13(21)2)10-15(12)20-17(22)16-4-3-9-24-16;/h3-6,9-10,13,19H,7-8,11H2,1-2H3,(H,20,22);1H. The minimum Gasteiger partial charge on any atom is -0.459 e. The van der Waals surface area contributed by atoms with Gasteiger partial charge in [0.1, 0.15) is 0 Å². The van der Waals surface area contributed by atoms with Crippen molar-refractivity contribution >= 4 is 29.9 Å². The van der Waals surface area contributed by atoms with E-state index in [1.807, 2.05) is 24.8 Å². The molecule has 3 rings (SSSR count). The van der Waals surface area contributed by atoms with Crippen LogP contribution in [-0.4, -0.2) is 42.4 Å². The van der Waals surface area contributed by atoms with Crippen molar-refractivity contribution in [1.82, 2.24) is 10.2 Å². The Morgan fingerprint density at radius 2 is 2.12 bits per heavy atom. The third kappa shape index (κ3) is 4.21. The number of amides is 2. The van der Waals surface area contributed by atoms with Crippen molar-refractivity contribution in [3.05, 3.63) is 53.5 Å². The van der Waals surface area contributed by atoms with Gasteiger partial charge in [-0.3, -0.25) is 9.59 Å². The first-order chi connectivity index (χ1) is 11.6. The summed E-state index contributed by atoms with van der Waals surface area (Å²) in [5.41, 5.74) is 2.08. The van der Waals surface area contributed by atoms with Gasteiger partial charge in [-0.05, 0) is 43.7 Å². The fourth-order valence-electron chi connectivity index (χ4n) is 2.79. The van der Waals surface area contributed by atoms with Crippen LogP contribution in [0.1, 0.15) is 33.4 Å². The monoisotopic (exact) mass is 363 g/mol. The number of piperazine rings is 1. The van der Waals surface area contributed by atoms with Crippen molar-refractivity contribution in [2.45, 2.75) is 19.9 Å². The van der Waals surface area contributed by atoms with Crippen molar-refractivity contribution in [3.63, 3.8) is 0 Å². The molecule has 2 amide bonds. The molecule has 1 aromatic carbocycles. The smallest absolute Gasteiger partial charge is 0.291 e. The Morgan fingerprint density at radius 1 is 1.32 bits per heavy atom.